The van der Waals surface area contributed by atoms with Gasteiger partial charge in [0.25, 0.3) is 5.91 Å². The monoisotopic (exact) mass is 360 g/mol. The average Bonchev–Trinajstić information content (AvgIpc) is 2.71. The zero-order valence-corrected chi connectivity index (χ0v) is 14.8. The summed E-state index contributed by atoms with van der Waals surface area (Å²) >= 11 is 0. The Morgan fingerprint density at radius 1 is 0.889 bits per heavy atom. The zero-order valence-electron chi connectivity index (χ0n) is 14.8. The van der Waals surface area contributed by atoms with Gasteiger partial charge in [-0.25, -0.2) is 5.43 Å². The molecule has 3 aromatic rings. The van der Waals surface area contributed by atoms with Gasteiger partial charge in [-0.05, 0) is 36.8 Å². The van der Waals surface area contributed by atoms with Gasteiger partial charge in [-0.15, -0.1) is 0 Å². The van der Waals surface area contributed by atoms with E-state index in [1.807, 2.05) is 61.5 Å². The van der Waals surface area contributed by atoms with Gasteiger partial charge in [0.05, 0.1) is 0 Å². The number of amides is 2. The van der Waals surface area contributed by atoms with E-state index in [1.54, 1.807) is 18.2 Å². The second-order valence-electron chi connectivity index (χ2n) is 6.01. The van der Waals surface area contributed by atoms with Gasteiger partial charge >= 0.3 is 0 Å². The molecule has 0 saturated heterocycles. The fraction of sp³-hybridized carbons (Fsp3) is 0.0952. The van der Waals surface area contributed by atoms with Gasteiger partial charge in [-0.2, -0.15) is 0 Å². The number of carbonyl (C=O) groups is 2. The average molecular weight is 360 g/mol. The Kier molecular flexibility index (Phi) is 5.91. The summed E-state index contributed by atoms with van der Waals surface area (Å²) in [5.74, 6) is -0.703. The molecule has 3 N–H and O–H groups in total. The fourth-order valence-electron chi connectivity index (χ4n) is 2.50. The SMILES string of the molecule is Cc1ccc(NC(=O)C(NNC(=O)c2ccccn2)c2ccccc2)cc1. The molecule has 6 nitrogen and oxygen atoms in total. The number of aromatic nitrogens is 1. The van der Waals surface area contributed by atoms with E-state index in [0.29, 0.717) is 5.69 Å². The normalized spacial score (nSPS) is 11.4. The number of carbonyl (C=O) groups excluding carboxylic acids is 2. The molecule has 0 aliphatic carbocycles. The second-order valence-corrected chi connectivity index (χ2v) is 6.01. The zero-order chi connectivity index (χ0) is 19.1. The van der Waals surface area contributed by atoms with Crippen molar-refractivity contribution in [3.8, 4) is 0 Å². The first kappa shape index (κ1) is 18.3. The summed E-state index contributed by atoms with van der Waals surface area (Å²) in [5, 5.41) is 2.86. The lowest BCUT2D eigenvalue weighted by atomic mass is 10.1. The van der Waals surface area contributed by atoms with Crippen LogP contribution in [0.15, 0.2) is 79.0 Å². The summed E-state index contributed by atoms with van der Waals surface area (Å²) in [6.07, 6.45) is 1.54. The predicted octanol–water partition coefficient (Wildman–Crippen LogP) is 3.00. The predicted molar refractivity (Wildman–Crippen MR) is 104 cm³/mol. The molecule has 0 aliphatic rings. The van der Waals surface area contributed by atoms with Crippen molar-refractivity contribution >= 4 is 17.5 Å². The summed E-state index contributed by atoms with van der Waals surface area (Å²) in [6, 6.07) is 21.0. The van der Waals surface area contributed by atoms with Crippen LogP contribution in [-0.2, 0) is 4.79 Å². The van der Waals surface area contributed by atoms with E-state index in [0.717, 1.165) is 11.1 Å². The molecule has 1 aromatic heterocycles. The van der Waals surface area contributed by atoms with Crippen LogP contribution in [0.25, 0.3) is 0 Å². The van der Waals surface area contributed by atoms with Gasteiger partial charge in [0, 0.05) is 11.9 Å². The molecule has 0 bridgehead atoms. The van der Waals surface area contributed by atoms with Crippen LogP contribution in [0.3, 0.4) is 0 Å². The summed E-state index contributed by atoms with van der Waals surface area (Å²) in [5.41, 5.74) is 8.15. The highest BCUT2D eigenvalue weighted by Gasteiger charge is 2.21. The Morgan fingerprint density at radius 3 is 2.26 bits per heavy atom. The Balaban J connectivity index is 1.74. The molecule has 6 heteroatoms. The number of nitrogens with zero attached hydrogens (tertiary/aromatic N) is 1. The van der Waals surface area contributed by atoms with Crippen molar-refractivity contribution in [1.82, 2.24) is 15.8 Å². The second kappa shape index (κ2) is 8.73. The summed E-state index contributed by atoms with van der Waals surface area (Å²) in [6.45, 7) is 1.98. The van der Waals surface area contributed by atoms with Crippen LogP contribution in [-0.4, -0.2) is 16.8 Å². The third kappa shape index (κ3) is 4.99. The molecular formula is C21H20N4O2. The van der Waals surface area contributed by atoms with Crippen molar-refractivity contribution < 1.29 is 9.59 Å². The number of aryl methyl sites for hydroxylation is 1. The van der Waals surface area contributed by atoms with Gasteiger partial charge in [0.15, 0.2) is 0 Å². The maximum atomic E-state index is 12.8. The summed E-state index contributed by atoms with van der Waals surface area (Å²) < 4.78 is 0. The Hall–Kier alpha value is -3.51. The molecule has 1 atom stereocenters. The molecule has 136 valence electrons. The van der Waals surface area contributed by atoms with E-state index in [9.17, 15) is 9.59 Å². The highest BCUT2D eigenvalue weighted by molar-refractivity contribution is 5.96. The molecule has 2 amide bonds. The Morgan fingerprint density at radius 2 is 1.59 bits per heavy atom. The highest BCUT2D eigenvalue weighted by Crippen LogP contribution is 2.16. The third-order valence-electron chi connectivity index (χ3n) is 3.94. The smallest absolute Gasteiger partial charge is 0.283 e. The lowest BCUT2D eigenvalue weighted by Crippen LogP contribution is -2.44. The van der Waals surface area contributed by atoms with Crippen LogP contribution in [0.4, 0.5) is 5.69 Å². The largest absolute Gasteiger partial charge is 0.324 e. The van der Waals surface area contributed by atoms with E-state index in [4.69, 9.17) is 0 Å². The summed E-state index contributed by atoms with van der Waals surface area (Å²) in [4.78, 5) is 29.0. The Labute approximate surface area is 157 Å². The van der Waals surface area contributed by atoms with E-state index >= 15 is 0 Å². The number of hydrogen-bond acceptors (Lipinski definition) is 4. The molecule has 1 unspecified atom stereocenters. The molecule has 0 fully saturated rings. The number of rotatable bonds is 6. The van der Waals surface area contributed by atoms with Crippen LogP contribution < -0.4 is 16.2 Å². The quantitative estimate of drug-likeness (QED) is 0.590. The van der Waals surface area contributed by atoms with E-state index in [-0.39, 0.29) is 11.6 Å². The van der Waals surface area contributed by atoms with Crippen LogP contribution in [0.1, 0.15) is 27.7 Å². The van der Waals surface area contributed by atoms with Crippen LogP contribution in [0.5, 0.6) is 0 Å². The summed E-state index contributed by atoms with van der Waals surface area (Å²) in [7, 11) is 0. The van der Waals surface area contributed by atoms with Crippen molar-refractivity contribution in [2.24, 2.45) is 0 Å². The number of nitrogens with one attached hydrogen (secondary N) is 3. The molecular weight excluding hydrogens is 340 g/mol. The molecule has 2 aromatic carbocycles. The molecule has 0 saturated carbocycles. The number of hydrazine groups is 1. The standard InChI is InChI=1S/C21H20N4O2/c1-15-10-12-17(13-11-15)23-21(27)19(16-7-3-2-4-8-16)24-25-20(26)18-9-5-6-14-22-18/h2-14,19,24H,1H3,(H,23,27)(H,25,26). The molecule has 0 radical (unpaired) electrons. The van der Waals surface area contributed by atoms with E-state index < -0.39 is 11.9 Å². The van der Waals surface area contributed by atoms with Crippen molar-refractivity contribution in [3.05, 3.63) is 95.8 Å². The number of pyridine rings is 1. The number of benzene rings is 2. The van der Waals surface area contributed by atoms with Crippen molar-refractivity contribution in [3.63, 3.8) is 0 Å². The maximum absolute atomic E-state index is 12.8. The minimum Gasteiger partial charge on any atom is -0.324 e. The molecule has 3 rings (SSSR count). The third-order valence-corrected chi connectivity index (χ3v) is 3.94. The van der Waals surface area contributed by atoms with Gasteiger partial charge in [0.1, 0.15) is 11.7 Å². The van der Waals surface area contributed by atoms with Crippen LogP contribution in [0.2, 0.25) is 0 Å². The topological polar surface area (TPSA) is 83.1 Å². The molecule has 0 aliphatic heterocycles. The first-order chi connectivity index (χ1) is 13.1. The minimum absolute atomic E-state index is 0.260. The van der Waals surface area contributed by atoms with E-state index in [2.05, 4.69) is 21.2 Å². The van der Waals surface area contributed by atoms with Crippen molar-refractivity contribution in [2.75, 3.05) is 5.32 Å². The molecule has 1 heterocycles. The van der Waals surface area contributed by atoms with Gasteiger partial charge < -0.3 is 5.32 Å². The first-order valence-electron chi connectivity index (χ1n) is 8.53. The van der Waals surface area contributed by atoms with Gasteiger partial charge in [0.2, 0.25) is 5.91 Å². The first-order valence-corrected chi connectivity index (χ1v) is 8.53. The molecule has 0 spiro atoms. The van der Waals surface area contributed by atoms with E-state index in [1.165, 1.54) is 6.20 Å². The minimum atomic E-state index is -0.764. The van der Waals surface area contributed by atoms with Crippen LogP contribution >= 0.6 is 0 Å². The Bertz CT molecular complexity index is 896. The van der Waals surface area contributed by atoms with Crippen molar-refractivity contribution in [2.45, 2.75) is 13.0 Å². The van der Waals surface area contributed by atoms with Gasteiger partial charge in [-0.3, -0.25) is 20.0 Å². The number of anilines is 1. The highest BCUT2D eigenvalue weighted by atomic mass is 16.2. The maximum Gasteiger partial charge on any atom is 0.283 e. The lowest BCUT2D eigenvalue weighted by Gasteiger charge is -2.19. The number of hydrogen-bond donors (Lipinski definition) is 3. The fourth-order valence-corrected chi connectivity index (χ4v) is 2.50. The van der Waals surface area contributed by atoms with Gasteiger partial charge in [-0.1, -0.05) is 54.1 Å². The van der Waals surface area contributed by atoms with Crippen LogP contribution in [0, 0.1) is 6.92 Å². The van der Waals surface area contributed by atoms with Crippen molar-refractivity contribution in [1.29, 1.82) is 0 Å². The lowest BCUT2D eigenvalue weighted by molar-refractivity contribution is -0.118. The molecule has 27 heavy (non-hydrogen) atoms.